The normalized spacial score (nSPS) is 17.6. The lowest BCUT2D eigenvalue weighted by Gasteiger charge is -2.24. The van der Waals surface area contributed by atoms with Crippen LogP contribution in [0.25, 0.3) is 0 Å². The van der Waals surface area contributed by atoms with Crippen LogP contribution in [-0.4, -0.2) is 30.6 Å². The number of aromatic nitrogens is 5. The number of halogens is 1. The Labute approximate surface area is 130 Å². The maximum Gasteiger partial charge on any atom is 0.282 e. The zero-order valence-electron chi connectivity index (χ0n) is 12.0. The van der Waals surface area contributed by atoms with Crippen LogP contribution in [-0.2, 0) is 26.4 Å². The Kier molecular flexibility index (Phi) is 3.79. The SMILES string of the molecule is CCc1nc2n(n1)CC(Nc1cnn(C)c(=O)c1Br)CC2. The van der Waals surface area contributed by atoms with Crippen LogP contribution < -0.4 is 10.9 Å². The highest BCUT2D eigenvalue weighted by Gasteiger charge is 2.22. The first-order chi connectivity index (χ1) is 10.1. The molecule has 1 atom stereocenters. The molecule has 1 aliphatic heterocycles. The molecule has 112 valence electrons. The predicted octanol–water partition coefficient (Wildman–Crippen LogP) is 1.12. The molecule has 0 aromatic carbocycles. The Morgan fingerprint density at radius 2 is 2.33 bits per heavy atom. The van der Waals surface area contributed by atoms with Gasteiger partial charge in [0.25, 0.3) is 5.56 Å². The molecular weight excluding hydrogens is 336 g/mol. The molecule has 1 N–H and O–H groups in total. The highest BCUT2D eigenvalue weighted by Crippen LogP contribution is 2.21. The molecule has 3 rings (SSSR count). The van der Waals surface area contributed by atoms with Crippen LogP contribution in [0.5, 0.6) is 0 Å². The highest BCUT2D eigenvalue weighted by molar-refractivity contribution is 9.10. The van der Waals surface area contributed by atoms with E-state index in [2.05, 4.69) is 43.4 Å². The molecular formula is C13H17BrN6O. The van der Waals surface area contributed by atoms with Gasteiger partial charge < -0.3 is 5.32 Å². The van der Waals surface area contributed by atoms with Gasteiger partial charge in [-0.15, -0.1) is 0 Å². The number of hydrogen-bond acceptors (Lipinski definition) is 5. The maximum absolute atomic E-state index is 11.9. The zero-order chi connectivity index (χ0) is 15.0. The smallest absolute Gasteiger partial charge is 0.282 e. The number of hydrogen-bond donors (Lipinski definition) is 1. The monoisotopic (exact) mass is 352 g/mol. The van der Waals surface area contributed by atoms with Crippen molar-refractivity contribution in [3.63, 3.8) is 0 Å². The molecule has 1 aliphatic rings. The van der Waals surface area contributed by atoms with Gasteiger partial charge >= 0.3 is 0 Å². The molecule has 0 spiro atoms. The molecule has 0 saturated carbocycles. The highest BCUT2D eigenvalue weighted by atomic mass is 79.9. The van der Waals surface area contributed by atoms with Crippen molar-refractivity contribution in [1.29, 1.82) is 0 Å². The van der Waals surface area contributed by atoms with Gasteiger partial charge in [-0.25, -0.2) is 14.3 Å². The van der Waals surface area contributed by atoms with Gasteiger partial charge in [0.2, 0.25) is 0 Å². The largest absolute Gasteiger partial charge is 0.378 e. The molecule has 0 aliphatic carbocycles. The van der Waals surface area contributed by atoms with Crippen molar-refractivity contribution in [1.82, 2.24) is 24.5 Å². The van der Waals surface area contributed by atoms with Crippen LogP contribution in [0.1, 0.15) is 25.0 Å². The Morgan fingerprint density at radius 3 is 3.10 bits per heavy atom. The first kappa shape index (κ1) is 14.2. The lowest BCUT2D eigenvalue weighted by Crippen LogP contribution is -2.33. The van der Waals surface area contributed by atoms with E-state index in [1.807, 2.05) is 4.68 Å². The van der Waals surface area contributed by atoms with Gasteiger partial charge in [-0.05, 0) is 22.4 Å². The lowest BCUT2D eigenvalue weighted by atomic mass is 10.1. The van der Waals surface area contributed by atoms with E-state index < -0.39 is 0 Å². The van der Waals surface area contributed by atoms with Crippen LogP contribution in [0.15, 0.2) is 15.5 Å². The fraction of sp³-hybridized carbons (Fsp3) is 0.538. The van der Waals surface area contributed by atoms with Gasteiger partial charge in [0, 0.05) is 25.9 Å². The Hall–Kier alpha value is -1.70. The predicted molar refractivity (Wildman–Crippen MR) is 82.3 cm³/mol. The van der Waals surface area contributed by atoms with Crippen molar-refractivity contribution in [2.45, 2.75) is 38.8 Å². The molecule has 0 radical (unpaired) electrons. The van der Waals surface area contributed by atoms with Gasteiger partial charge in [-0.2, -0.15) is 10.2 Å². The van der Waals surface area contributed by atoms with E-state index in [4.69, 9.17) is 0 Å². The minimum absolute atomic E-state index is 0.148. The van der Waals surface area contributed by atoms with Crippen LogP contribution in [0.4, 0.5) is 5.69 Å². The Balaban J connectivity index is 1.78. The summed E-state index contributed by atoms with van der Waals surface area (Å²) in [6.07, 6.45) is 4.37. The van der Waals surface area contributed by atoms with Crippen molar-refractivity contribution in [2.24, 2.45) is 7.05 Å². The van der Waals surface area contributed by atoms with Crippen LogP contribution >= 0.6 is 15.9 Å². The second kappa shape index (κ2) is 5.59. The molecule has 0 saturated heterocycles. The van der Waals surface area contributed by atoms with E-state index in [-0.39, 0.29) is 11.6 Å². The summed E-state index contributed by atoms with van der Waals surface area (Å²) >= 11 is 3.33. The van der Waals surface area contributed by atoms with Gasteiger partial charge in [0.1, 0.15) is 10.3 Å². The van der Waals surface area contributed by atoms with E-state index in [0.29, 0.717) is 4.47 Å². The zero-order valence-corrected chi connectivity index (χ0v) is 13.6. The topological polar surface area (TPSA) is 77.6 Å². The molecule has 2 aromatic rings. The Morgan fingerprint density at radius 1 is 1.52 bits per heavy atom. The van der Waals surface area contributed by atoms with Crippen molar-refractivity contribution in [3.8, 4) is 0 Å². The number of nitrogens with zero attached hydrogens (tertiary/aromatic N) is 5. The van der Waals surface area contributed by atoms with Crippen molar-refractivity contribution in [2.75, 3.05) is 5.32 Å². The van der Waals surface area contributed by atoms with Crippen molar-refractivity contribution >= 4 is 21.6 Å². The van der Waals surface area contributed by atoms with Gasteiger partial charge in [-0.1, -0.05) is 6.92 Å². The minimum atomic E-state index is -0.148. The third-order valence-corrected chi connectivity index (χ3v) is 4.42. The molecule has 1 unspecified atom stereocenters. The molecule has 21 heavy (non-hydrogen) atoms. The molecule has 2 aromatic heterocycles. The fourth-order valence-corrected chi connectivity index (χ4v) is 2.93. The lowest BCUT2D eigenvalue weighted by molar-refractivity contribution is 0.440. The number of anilines is 1. The van der Waals surface area contributed by atoms with E-state index in [9.17, 15) is 4.79 Å². The summed E-state index contributed by atoms with van der Waals surface area (Å²) in [5.41, 5.74) is 0.577. The third kappa shape index (κ3) is 2.72. The molecule has 0 amide bonds. The number of rotatable bonds is 3. The van der Waals surface area contributed by atoms with Gasteiger partial charge in [-0.3, -0.25) is 4.79 Å². The summed E-state index contributed by atoms with van der Waals surface area (Å²) in [5, 5.41) is 11.9. The van der Waals surface area contributed by atoms with Gasteiger partial charge in [0.15, 0.2) is 5.82 Å². The van der Waals surface area contributed by atoms with Crippen molar-refractivity contribution in [3.05, 3.63) is 32.7 Å². The van der Waals surface area contributed by atoms with E-state index >= 15 is 0 Å². The first-order valence-corrected chi connectivity index (χ1v) is 7.78. The first-order valence-electron chi connectivity index (χ1n) is 6.99. The molecule has 3 heterocycles. The summed E-state index contributed by atoms with van der Waals surface area (Å²) in [6, 6.07) is 0.217. The van der Waals surface area contributed by atoms with E-state index in [0.717, 1.165) is 43.1 Å². The summed E-state index contributed by atoms with van der Waals surface area (Å²) < 4.78 is 3.78. The number of aryl methyl sites for hydroxylation is 3. The summed E-state index contributed by atoms with van der Waals surface area (Å²) in [5.74, 6) is 1.94. The summed E-state index contributed by atoms with van der Waals surface area (Å²) in [4.78, 5) is 16.4. The molecule has 0 bridgehead atoms. The average Bonchev–Trinajstić information content (AvgIpc) is 2.90. The molecule has 7 nitrogen and oxygen atoms in total. The molecule has 8 heteroatoms. The van der Waals surface area contributed by atoms with Crippen LogP contribution in [0.2, 0.25) is 0 Å². The van der Waals surface area contributed by atoms with Crippen LogP contribution in [0.3, 0.4) is 0 Å². The summed E-state index contributed by atoms with van der Waals surface area (Å²) in [6.45, 7) is 2.81. The van der Waals surface area contributed by atoms with E-state index in [1.54, 1.807) is 13.2 Å². The quantitative estimate of drug-likeness (QED) is 0.895. The fourth-order valence-electron chi connectivity index (χ4n) is 2.46. The standard InChI is InChI=1S/C13H17BrN6O/c1-3-10-17-11-5-4-8(7-20(11)18-10)16-9-6-15-19(2)13(21)12(9)14/h6,8,16H,3-5,7H2,1-2H3. The van der Waals surface area contributed by atoms with E-state index in [1.165, 1.54) is 4.68 Å². The molecule has 0 fully saturated rings. The second-order valence-corrected chi connectivity index (χ2v) is 5.95. The summed E-state index contributed by atoms with van der Waals surface area (Å²) in [7, 11) is 1.63. The third-order valence-electron chi connectivity index (χ3n) is 3.66. The second-order valence-electron chi connectivity index (χ2n) is 5.16. The Bertz CT molecular complexity index is 722. The number of nitrogens with one attached hydrogen (secondary N) is 1. The number of fused-ring (bicyclic) bond motifs is 1. The van der Waals surface area contributed by atoms with Crippen LogP contribution in [0, 0.1) is 0 Å². The van der Waals surface area contributed by atoms with Gasteiger partial charge in [0.05, 0.1) is 18.4 Å². The van der Waals surface area contributed by atoms with Crippen molar-refractivity contribution < 1.29 is 0 Å². The minimum Gasteiger partial charge on any atom is -0.378 e. The maximum atomic E-state index is 11.9. The average molecular weight is 353 g/mol.